The first-order valence-electron chi connectivity index (χ1n) is 10.3. The zero-order chi connectivity index (χ0) is 20.9. The number of piperidine rings is 1. The second-order valence-corrected chi connectivity index (χ2v) is 7.80. The number of pyridine rings is 1. The summed E-state index contributed by atoms with van der Waals surface area (Å²) in [7, 11) is 0. The lowest BCUT2D eigenvalue weighted by atomic mass is 10.0. The molecule has 2 aromatic heterocycles. The summed E-state index contributed by atoms with van der Waals surface area (Å²) in [4.78, 5) is 41.2. The Labute approximate surface area is 175 Å². The summed E-state index contributed by atoms with van der Waals surface area (Å²) in [6.45, 7) is 2.10. The Morgan fingerprint density at radius 2 is 2.00 bits per heavy atom. The molecule has 9 heteroatoms. The zero-order valence-electron chi connectivity index (χ0n) is 16.7. The van der Waals surface area contributed by atoms with Gasteiger partial charge in [-0.25, -0.2) is 9.97 Å². The topological polar surface area (TPSA) is 112 Å². The number of hydrogen-bond acceptors (Lipinski definition) is 7. The molecule has 2 atom stereocenters. The summed E-state index contributed by atoms with van der Waals surface area (Å²) in [6.07, 6.45) is 7.80. The molecule has 2 aliphatic heterocycles. The molecule has 2 aliphatic rings. The van der Waals surface area contributed by atoms with E-state index in [-0.39, 0.29) is 23.9 Å². The first-order valence-corrected chi connectivity index (χ1v) is 10.3. The fourth-order valence-electron chi connectivity index (χ4n) is 4.29. The Bertz CT molecular complexity index is 858. The predicted molar refractivity (Wildman–Crippen MR) is 108 cm³/mol. The van der Waals surface area contributed by atoms with Crippen LogP contribution in [0.25, 0.3) is 0 Å². The van der Waals surface area contributed by atoms with Crippen LogP contribution in [-0.2, 0) is 11.3 Å². The highest BCUT2D eigenvalue weighted by Gasteiger charge is 2.41. The van der Waals surface area contributed by atoms with Gasteiger partial charge in [0, 0.05) is 50.8 Å². The molecule has 0 saturated carbocycles. The monoisotopic (exact) mass is 410 g/mol. The Kier molecular flexibility index (Phi) is 6.29. The zero-order valence-corrected chi connectivity index (χ0v) is 16.7. The van der Waals surface area contributed by atoms with Gasteiger partial charge in [-0.15, -0.1) is 0 Å². The molecule has 4 rings (SSSR count). The number of carbonyl (C=O) groups is 2. The minimum Gasteiger partial charge on any atom is -0.392 e. The molecule has 158 valence electrons. The van der Waals surface area contributed by atoms with Gasteiger partial charge in [-0.3, -0.25) is 19.5 Å². The van der Waals surface area contributed by atoms with Crippen molar-refractivity contribution in [1.82, 2.24) is 30.1 Å². The number of aromatic nitrogens is 3. The molecule has 0 bridgehead atoms. The van der Waals surface area contributed by atoms with E-state index in [0.29, 0.717) is 38.3 Å². The average molecular weight is 410 g/mol. The number of aliphatic hydroxyl groups is 1. The van der Waals surface area contributed by atoms with Crippen LogP contribution in [0.4, 0.5) is 0 Å². The molecule has 4 heterocycles. The van der Waals surface area contributed by atoms with Crippen molar-refractivity contribution in [1.29, 1.82) is 0 Å². The minimum absolute atomic E-state index is 0.0742. The normalized spacial score (nSPS) is 22.8. The van der Waals surface area contributed by atoms with E-state index in [0.717, 1.165) is 18.4 Å². The third kappa shape index (κ3) is 4.63. The van der Waals surface area contributed by atoms with Gasteiger partial charge in [-0.2, -0.15) is 0 Å². The summed E-state index contributed by atoms with van der Waals surface area (Å²) in [5.74, 6) is -0.169. The molecule has 0 aliphatic carbocycles. The van der Waals surface area contributed by atoms with Gasteiger partial charge in [-0.05, 0) is 37.0 Å². The van der Waals surface area contributed by atoms with Gasteiger partial charge < -0.3 is 15.3 Å². The minimum atomic E-state index is -0.514. The third-order valence-corrected chi connectivity index (χ3v) is 5.83. The number of rotatable bonds is 5. The van der Waals surface area contributed by atoms with Gasteiger partial charge in [0.2, 0.25) is 5.91 Å². The molecule has 0 radical (unpaired) electrons. The maximum absolute atomic E-state index is 12.8. The predicted octanol–water partition coefficient (Wildman–Crippen LogP) is 0.228. The lowest BCUT2D eigenvalue weighted by Crippen LogP contribution is -2.52. The quantitative estimate of drug-likeness (QED) is 0.726. The van der Waals surface area contributed by atoms with E-state index in [1.165, 1.54) is 6.33 Å². The van der Waals surface area contributed by atoms with E-state index in [9.17, 15) is 14.7 Å². The van der Waals surface area contributed by atoms with Crippen molar-refractivity contribution in [3.8, 4) is 0 Å². The van der Waals surface area contributed by atoms with E-state index in [4.69, 9.17) is 0 Å². The maximum atomic E-state index is 12.8. The summed E-state index contributed by atoms with van der Waals surface area (Å²) in [5.41, 5.74) is 1.33. The Morgan fingerprint density at radius 1 is 1.17 bits per heavy atom. The lowest BCUT2D eigenvalue weighted by molar-refractivity contribution is -0.126. The van der Waals surface area contributed by atoms with Crippen molar-refractivity contribution in [2.75, 3.05) is 19.6 Å². The molecule has 9 nitrogen and oxygen atoms in total. The highest BCUT2D eigenvalue weighted by molar-refractivity contribution is 5.92. The highest BCUT2D eigenvalue weighted by atomic mass is 16.3. The number of nitrogens with one attached hydrogen (secondary N) is 1. The molecule has 2 amide bonds. The molecule has 30 heavy (non-hydrogen) atoms. The van der Waals surface area contributed by atoms with Crippen molar-refractivity contribution in [2.24, 2.45) is 0 Å². The Morgan fingerprint density at radius 3 is 2.70 bits per heavy atom. The van der Waals surface area contributed by atoms with E-state index < -0.39 is 6.10 Å². The molecule has 2 fully saturated rings. The first-order chi connectivity index (χ1) is 14.6. The second kappa shape index (κ2) is 9.27. The smallest absolute Gasteiger partial charge is 0.272 e. The molecule has 2 saturated heterocycles. The van der Waals surface area contributed by atoms with Gasteiger partial charge in [0.1, 0.15) is 12.0 Å². The number of aliphatic hydroxyl groups excluding tert-OH is 1. The molecule has 0 unspecified atom stereocenters. The van der Waals surface area contributed by atoms with Crippen LogP contribution in [-0.4, -0.2) is 79.5 Å². The molecular formula is C21H26N6O3. The highest BCUT2D eigenvalue weighted by Crippen LogP contribution is 2.27. The number of hydrogen-bond donors (Lipinski definition) is 2. The van der Waals surface area contributed by atoms with Crippen molar-refractivity contribution in [3.63, 3.8) is 0 Å². The van der Waals surface area contributed by atoms with Crippen LogP contribution in [0.2, 0.25) is 0 Å². The van der Waals surface area contributed by atoms with E-state index in [1.54, 1.807) is 29.6 Å². The fourth-order valence-corrected chi connectivity index (χ4v) is 4.29. The van der Waals surface area contributed by atoms with Crippen molar-refractivity contribution in [3.05, 3.63) is 54.4 Å². The third-order valence-electron chi connectivity index (χ3n) is 5.83. The summed E-state index contributed by atoms with van der Waals surface area (Å²) in [6, 6.07) is 5.17. The van der Waals surface area contributed by atoms with E-state index in [2.05, 4.69) is 25.2 Å². The van der Waals surface area contributed by atoms with Crippen LogP contribution in [0.5, 0.6) is 0 Å². The Balaban J connectivity index is 1.33. The fraction of sp³-hybridized carbons (Fsp3) is 0.476. The molecule has 0 spiro atoms. The number of amides is 2. The molecule has 2 N–H and O–H groups in total. The number of carbonyl (C=O) groups excluding carboxylic acids is 2. The number of likely N-dealkylation sites (tertiary alicyclic amines) is 2. The van der Waals surface area contributed by atoms with Crippen LogP contribution in [0, 0.1) is 0 Å². The van der Waals surface area contributed by atoms with Crippen molar-refractivity contribution in [2.45, 2.75) is 44.0 Å². The number of β-amino-alcohol motifs (C(OH)–C–C–N with tert-alkyl or cyclic N) is 1. The van der Waals surface area contributed by atoms with Gasteiger partial charge >= 0.3 is 0 Å². The van der Waals surface area contributed by atoms with E-state index >= 15 is 0 Å². The summed E-state index contributed by atoms with van der Waals surface area (Å²) >= 11 is 0. The van der Waals surface area contributed by atoms with Gasteiger partial charge in [-0.1, -0.05) is 6.07 Å². The van der Waals surface area contributed by atoms with Crippen LogP contribution < -0.4 is 5.32 Å². The van der Waals surface area contributed by atoms with Gasteiger partial charge in [0.05, 0.1) is 12.1 Å². The maximum Gasteiger partial charge on any atom is 0.272 e. The van der Waals surface area contributed by atoms with Gasteiger partial charge in [0.15, 0.2) is 0 Å². The van der Waals surface area contributed by atoms with Crippen LogP contribution >= 0.6 is 0 Å². The summed E-state index contributed by atoms with van der Waals surface area (Å²) in [5, 5.41) is 13.2. The van der Waals surface area contributed by atoms with E-state index in [1.807, 2.05) is 12.1 Å². The van der Waals surface area contributed by atoms with Crippen LogP contribution in [0.1, 0.15) is 35.3 Å². The second-order valence-electron chi connectivity index (χ2n) is 7.80. The molecular weight excluding hydrogens is 384 g/mol. The van der Waals surface area contributed by atoms with Crippen molar-refractivity contribution >= 4 is 11.8 Å². The first kappa shape index (κ1) is 20.4. The average Bonchev–Trinajstić information content (AvgIpc) is 3.20. The molecule has 2 aromatic rings. The van der Waals surface area contributed by atoms with Crippen LogP contribution in [0.3, 0.4) is 0 Å². The SMILES string of the molecule is O=C(NCc1cccnc1)[C@@H]1C[C@@H](O)CN1C1CCN(C(=O)c2ccncn2)CC1. The standard InChI is InChI=1S/C21H26N6O3/c28-17-10-19(20(29)24-12-15-2-1-6-22-11-15)27(13-17)16-4-8-26(9-5-16)21(30)18-3-7-23-14-25-18/h1-3,6-7,11,14,16-17,19,28H,4-5,8-10,12-13H2,(H,24,29)/t17-,19+/m1/s1. The lowest BCUT2D eigenvalue weighted by Gasteiger charge is -2.38. The Hall–Kier alpha value is -2.91. The van der Waals surface area contributed by atoms with Gasteiger partial charge in [0.25, 0.3) is 5.91 Å². The number of nitrogens with zero attached hydrogens (tertiary/aromatic N) is 5. The summed E-state index contributed by atoms with van der Waals surface area (Å²) < 4.78 is 0. The largest absolute Gasteiger partial charge is 0.392 e. The van der Waals surface area contributed by atoms with Crippen LogP contribution in [0.15, 0.2) is 43.1 Å². The van der Waals surface area contributed by atoms with Crippen molar-refractivity contribution < 1.29 is 14.7 Å². The molecule has 0 aromatic carbocycles.